The lowest BCUT2D eigenvalue weighted by molar-refractivity contribution is -0.0344. The molecule has 4 heteroatoms. The fourth-order valence-corrected chi connectivity index (χ4v) is 7.12. The summed E-state index contributed by atoms with van der Waals surface area (Å²) in [6.07, 6.45) is 1.10. The smallest absolute Gasteiger partial charge is 0.216 e. The van der Waals surface area contributed by atoms with Crippen molar-refractivity contribution in [1.82, 2.24) is 0 Å². The molecule has 0 atom stereocenters. The fourth-order valence-electron chi connectivity index (χ4n) is 2.15. The number of rotatable bonds is 8. The molecule has 0 spiro atoms. The maximum atomic E-state index is 6.74. The Balaban J connectivity index is 5.34. The highest BCUT2D eigenvalue weighted by atomic mass is 28.4. The Labute approximate surface area is 135 Å². The predicted molar refractivity (Wildman–Crippen MR) is 99.6 cm³/mol. The Bertz CT molecular complexity index is 369. The zero-order valence-electron chi connectivity index (χ0n) is 16.3. The second kappa shape index (κ2) is 6.30. The summed E-state index contributed by atoms with van der Waals surface area (Å²) in [5.41, 5.74) is 1.97. The van der Waals surface area contributed by atoms with Crippen molar-refractivity contribution in [1.29, 1.82) is 0 Å². The SMILES string of the molecule is C=C[Si](C)(C)OC(C)(C)[Si](C)(C)OC(C)(C)C(C)(C)CC. The van der Waals surface area contributed by atoms with Gasteiger partial charge in [-0.2, -0.15) is 0 Å². The fraction of sp³-hybridized carbons (Fsp3) is 0.882. The van der Waals surface area contributed by atoms with Gasteiger partial charge in [0.1, 0.15) is 0 Å². The summed E-state index contributed by atoms with van der Waals surface area (Å²) in [6, 6.07) is 0. The van der Waals surface area contributed by atoms with Gasteiger partial charge in [-0.3, -0.25) is 0 Å². The minimum absolute atomic E-state index is 0.138. The first-order valence-corrected chi connectivity index (χ1v) is 14.0. The van der Waals surface area contributed by atoms with Crippen LogP contribution in [0.4, 0.5) is 0 Å². The molecule has 0 heterocycles. The Hall–Kier alpha value is 0.0938. The molecule has 0 aliphatic rings. The molecule has 2 nitrogen and oxygen atoms in total. The molecule has 0 N–H and O–H groups in total. The first-order chi connectivity index (χ1) is 9.04. The van der Waals surface area contributed by atoms with E-state index in [0.717, 1.165) is 6.42 Å². The van der Waals surface area contributed by atoms with Crippen LogP contribution in [0.25, 0.3) is 0 Å². The summed E-state index contributed by atoms with van der Waals surface area (Å²) in [5.74, 6) is 0. The number of hydrogen-bond acceptors (Lipinski definition) is 2. The molecule has 0 saturated carbocycles. The highest BCUT2D eigenvalue weighted by Gasteiger charge is 2.50. The van der Waals surface area contributed by atoms with Crippen LogP contribution in [0.3, 0.4) is 0 Å². The van der Waals surface area contributed by atoms with Gasteiger partial charge in [0.2, 0.25) is 16.6 Å². The highest BCUT2D eigenvalue weighted by molar-refractivity contribution is 6.79. The Kier molecular flexibility index (Phi) is 6.33. The molecule has 0 aromatic rings. The van der Waals surface area contributed by atoms with E-state index in [-0.39, 0.29) is 16.2 Å². The molecule has 0 aromatic heterocycles. The normalized spacial score (nSPS) is 15.2. The third kappa shape index (κ3) is 5.05. The largest absolute Gasteiger partial charge is 0.409 e. The molecule has 0 fully saturated rings. The van der Waals surface area contributed by atoms with Crippen LogP contribution < -0.4 is 0 Å². The van der Waals surface area contributed by atoms with Gasteiger partial charge in [0.05, 0.1) is 10.8 Å². The molecule has 0 aliphatic heterocycles. The van der Waals surface area contributed by atoms with Gasteiger partial charge >= 0.3 is 0 Å². The lowest BCUT2D eigenvalue weighted by Gasteiger charge is -2.51. The monoisotopic (exact) mass is 330 g/mol. The number of hydrogen-bond donors (Lipinski definition) is 0. The molecule has 126 valence electrons. The second-order valence-corrected chi connectivity index (χ2v) is 17.0. The average Bonchev–Trinajstić information content (AvgIpc) is 2.25. The molecule has 0 aliphatic carbocycles. The Morgan fingerprint density at radius 2 is 1.33 bits per heavy atom. The summed E-state index contributed by atoms with van der Waals surface area (Å²) in [6.45, 7) is 28.5. The molecule has 21 heavy (non-hydrogen) atoms. The summed E-state index contributed by atoms with van der Waals surface area (Å²) < 4.78 is 13.2. The van der Waals surface area contributed by atoms with E-state index in [0.29, 0.717) is 0 Å². The van der Waals surface area contributed by atoms with Crippen molar-refractivity contribution in [3.05, 3.63) is 12.3 Å². The van der Waals surface area contributed by atoms with Crippen molar-refractivity contribution in [3.8, 4) is 0 Å². The average molecular weight is 331 g/mol. The predicted octanol–water partition coefficient (Wildman–Crippen LogP) is 5.69. The van der Waals surface area contributed by atoms with Gasteiger partial charge in [-0.25, -0.2) is 0 Å². The standard InChI is InChI=1S/C17H38O2Si2/c1-13-15(3,4)16(5,6)18-21(11,12)17(7,8)19-20(9,10)14-2/h14H,2,13H2,1,3-12H3. The van der Waals surface area contributed by atoms with E-state index in [1.165, 1.54) is 0 Å². The van der Waals surface area contributed by atoms with Crippen LogP contribution in [0.2, 0.25) is 26.2 Å². The van der Waals surface area contributed by atoms with Crippen LogP contribution in [-0.2, 0) is 8.85 Å². The van der Waals surface area contributed by atoms with Gasteiger partial charge in [-0.1, -0.05) is 26.5 Å². The van der Waals surface area contributed by atoms with Gasteiger partial charge in [0.25, 0.3) is 0 Å². The van der Waals surface area contributed by atoms with E-state index in [2.05, 4.69) is 81.2 Å². The zero-order valence-corrected chi connectivity index (χ0v) is 18.3. The van der Waals surface area contributed by atoms with E-state index < -0.39 is 16.6 Å². The highest BCUT2D eigenvalue weighted by Crippen LogP contribution is 2.41. The van der Waals surface area contributed by atoms with E-state index in [4.69, 9.17) is 8.85 Å². The summed E-state index contributed by atoms with van der Waals surface area (Å²) >= 11 is 0. The molecule has 0 aromatic carbocycles. The minimum atomic E-state index is -2.05. The van der Waals surface area contributed by atoms with Gasteiger partial charge in [0, 0.05) is 0 Å². The van der Waals surface area contributed by atoms with Crippen LogP contribution in [-0.4, -0.2) is 27.5 Å². The quantitative estimate of drug-likeness (QED) is 0.532. The van der Waals surface area contributed by atoms with Crippen LogP contribution in [0.15, 0.2) is 12.3 Å². The van der Waals surface area contributed by atoms with Crippen LogP contribution in [0.5, 0.6) is 0 Å². The summed E-state index contributed by atoms with van der Waals surface area (Å²) in [4.78, 5) is 0. The van der Waals surface area contributed by atoms with Gasteiger partial charge < -0.3 is 8.85 Å². The third-order valence-corrected chi connectivity index (χ3v) is 11.7. The van der Waals surface area contributed by atoms with E-state index in [9.17, 15) is 0 Å². The van der Waals surface area contributed by atoms with Gasteiger partial charge in [-0.15, -0.1) is 6.58 Å². The molecule has 0 radical (unpaired) electrons. The zero-order chi connectivity index (χ0) is 17.3. The maximum absolute atomic E-state index is 6.74. The minimum Gasteiger partial charge on any atom is -0.409 e. The van der Waals surface area contributed by atoms with Gasteiger partial charge in [0.15, 0.2) is 0 Å². The van der Waals surface area contributed by atoms with E-state index in [1.54, 1.807) is 0 Å². The van der Waals surface area contributed by atoms with Gasteiger partial charge in [-0.05, 0) is 65.7 Å². The first-order valence-electron chi connectivity index (χ1n) is 8.07. The third-order valence-electron chi connectivity index (χ3n) is 5.48. The van der Waals surface area contributed by atoms with Crippen LogP contribution in [0, 0.1) is 5.41 Å². The molecule has 0 rings (SSSR count). The lowest BCUT2D eigenvalue weighted by atomic mass is 9.75. The summed E-state index contributed by atoms with van der Waals surface area (Å²) in [5, 5.41) is -0.238. The van der Waals surface area contributed by atoms with Crippen LogP contribution >= 0.6 is 0 Å². The van der Waals surface area contributed by atoms with Crippen LogP contribution in [0.1, 0.15) is 54.9 Å². The van der Waals surface area contributed by atoms with E-state index >= 15 is 0 Å². The molecular weight excluding hydrogens is 292 g/mol. The maximum Gasteiger partial charge on any atom is 0.216 e. The molecular formula is C17H38O2Si2. The molecule has 0 unspecified atom stereocenters. The van der Waals surface area contributed by atoms with Crippen molar-refractivity contribution in [2.45, 2.75) is 91.9 Å². The topological polar surface area (TPSA) is 18.5 Å². The van der Waals surface area contributed by atoms with Crippen molar-refractivity contribution < 1.29 is 8.85 Å². The molecule has 0 bridgehead atoms. The second-order valence-electron chi connectivity index (χ2n) is 8.78. The molecule has 0 amide bonds. The van der Waals surface area contributed by atoms with Crippen molar-refractivity contribution in [2.24, 2.45) is 5.41 Å². The first kappa shape index (κ1) is 21.1. The Morgan fingerprint density at radius 3 is 1.67 bits per heavy atom. The summed E-state index contributed by atoms with van der Waals surface area (Å²) in [7, 11) is -3.89. The van der Waals surface area contributed by atoms with Crippen molar-refractivity contribution in [2.75, 3.05) is 0 Å². The molecule has 0 saturated heterocycles. The van der Waals surface area contributed by atoms with Crippen molar-refractivity contribution in [3.63, 3.8) is 0 Å². The van der Waals surface area contributed by atoms with E-state index in [1.807, 2.05) is 5.70 Å². The van der Waals surface area contributed by atoms with Crippen molar-refractivity contribution >= 4 is 16.6 Å². The Morgan fingerprint density at radius 1 is 0.905 bits per heavy atom. The lowest BCUT2D eigenvalue weighted by Crippen LogP contribution is -2.62.